The number of hydrogen-bond donors (Lipinski definition) is 0. The maximum Gasteiger partial charge on any atom is 0.451 e. The van der Waals surface area contributed by atoms with E-state index in [1.165, 1.54) is 6.92 Å². The molecule has 0 N–H and O–H groups in total. The highest BCUT2D eigenvalue weighted by atomic mass is 35.5. The molecule has 0 saturated heterocycles. The number of rotatable bonds is 2. The van der Waals surface area contributed by atoms with E-state index in [-0.39, 0.29) is 11.0 Å². The highest BCUT2D eigenvalue weighted by molar-refractivity contribution is 6.29. The predicted octanol–water partition coefficient (Wildman–Crippen LogP) is 2.55. The summed E-state index contributed by atoms with van der Waals surface area (Å²) in [7, 11) is 0. The number of terminal acetylenes is 1. The van der Waals surface area contributed by atoms with Crippen LogP contribution in [-0.2, 0) is 6.18 Å². The van der Waals surface area contributed by atoms with Gasteiger partial charge in [-0.15, -0.1) is 6.42 Å². The minimum atomic E-state index is -4.68. The zero-order chi connectivity index (χ0) is 12.3. The van der Waals surface area contributed by atoms with Crippen LogP contribution < -0.4 is 4.74 Å². The van der Waals surface area contributed by atoms with Crippen LogP contribution in [0.4, 0.5) is 13.2 Å². The molecule has 0 saturated carbocycles. The Morgan fingerprint density at radius 1 is 1.50 bits per heavy atom. The smallest absolute Gasteiger partial charge is 0.451 e. The van der Waals surface area contributed by atoms with Crippen molar-refractivity contribution in [1.82, 2.24) is 9.97 Å². The quantitative estimate of drug-likeness (QED) is 0.598. The molecule has 0 radical (unpaired) electrons. The van der Waals surface area contributed by atoms with Gasteiger partial charge in [-0.2, -0.15) is 18.2 Å². The van der Waals surface area contributed by atoms with Crippen molar-refractivity contribution in [2.75, 3.05) is 0 Å². The molecule has 0 aliphatic carbocycles. The summed E-state index contributed by atoms with van der Waals surface area (Å²) in [5, 5.41) is -0.360. The van der Waals surface area contributed by atoms with Crippen LogP contribution in [0.5, 0.6) is 5.88 Å². The van der Waals surface area contributed by atoms with E-state index < -0.39 is 18.1 Å². The standard InChI is InChI=1S/C9H6ClF3N2O/c1-3-5(2)16-7-4-6(10)14-8(15-7)9(11,12)13/h1,4-5H,2H3. The number of alkyl halides is 3. The van der Waals surface area contributed by atoms with E-state index in [9.17, 15) is 13.2 Å². The fraction of sp³-hybridized carbons (Fsp3) is 0.333. The van der Waals surface area contributed by atoms with Crippen molar-refractivity contribution in [3.8, 4) is 18.2 Å². The first-order chi connectivity index (χ1) is 7.32. The molecule has 1 rings (SSSR count). The second-order valence-electron chi connectivity index (χ2n) is 2.78. The lowest BCUT2D eigenvalue weighted by molar-refractivity contribution is -0.145. The summed E-state index contributed by atoms with van der Waals surface area (Å²) in [6.45, 7) is 1.49. The number of nitrogens with zero attached hydrogens (tertiary/aromatic N) is 2. The summed E-state index contributed by atoms with van der Waals surface area (Å²) in [5.74, 6) is 0.515. The summed E-state index contributed by atoms with van der Waals surface area (Å²) in [6, 6.07) is 1.06. The van der Waals surface area contributed by atoms with E-state index in [2.05, 4.69) is 15.9 Å². The summed E-state index contributed by atoms with van der Waals surface area (Å²) in [4.78, 5) is 6.19. The summed E-state index contributed by atoms with van der Waals surface area (Å²) in [5.41, 5.74) is 0. The molecule has 0 aliphatic rings. The first-order valence-corrected chi connectivity index (χ1v) is 4.45. The Bertz CT molecular complexity index is 428. The van der Waals surface area contributed by atoms with Gasteiger partial charge in [0.15, 0.2) is 6.10 Å². The SMILES string of the molecule is C#CC(C)Oc1cc(Cl)nc(C(F)(F)F)n1. The van der Waals surface area contributed by atoms with Gasteiger partial charge in [0.25, 0.3) is 0 Å². The molecule has 1 aromatic rings. The molecule has 7 heteroatoms. The number of aromatic nitrogens is 2. The average Bonchev–Trinajstić information content (AvgIpc) is 2.15. The van der Waals surface area contributed by atoms with E-state index in [1.54, 1.807) is 0 Å². The summed E-state index contributed by atoms with van der Waals surface area (Å²) in [6.07, 6.45) is -0.372. The molecule has 0 bridgehead atoms. The summed E-state index contributed by atoms with van der Waals surface area (Å²) >= 11 is 5.40. The molecule has 1 heterocycles. The van der Waals surface area contributed by atoms with Crippen molar-refractivity contribution in [2.45, 2.75) is 19.2 Å². The maximum absolute atomic E-state index is 12.3. The van der Waals surface area contributed by atoms with Gasteiger partial charge < -0.3 is 4.74 Å². The average molecular weight is 251 g/mol. The van der Waals surface area contributed by atoms with Gasteiger partial charge in [0.05, 0.1) is 0 Å². The minimum absolute atomic E-state index is 0.308. The Balaban J connectivity index is 3.05. The molecule has 0 spiro atoms. The monoisotopic (exact) mass is 250 g/mol. The van der Waals surface area contributed by atoms with E-state index >= 15 is 0 Å². The molecule has 16 heavy (non-hydrogen) atoms. The van der Waals surface area contributed by atoms with Crippen molar-refractivity contribution < 1.29 is 17.9 Å². The topological polar surface area (TPSA) is 35.0 Å². The third-order valence-corrected chi connectivity index (χ3v) is 1.65. The second-order valence-corrected chi connectivity index (χ2v) is 3.16. The number of halogens is 4. The first kappa shape index (κ1) is 12.6. The molecule has 0 aliphatic heterocycles. The van der Waals surface area contributed by atoms with Crippen LogP contribution in [-0.4, -0.2) is 16.1 Å². The van der Waals surface area contributed by atoms with E-state index in [4.69, 9.17) is 22.8 Å². The molecule has 0 aromatic carbocycles. The highest BCUT2D eigenvalue weighted by Crippen LogP contribution is 2.28. The molecule has 86 valence electrons. The largest absolute Gasteiger partial charge is 0.461 e. The van der Waals surface area contributed by atoms with Crippen molar-refractivity contribution in [2.24, 2.45) is 0 Å². The number of ether oxygens (including phenoxy) is 1. The molecular weight excluding hydrogens is 245 g/mol. The lowest BCUT2D eigenvalue weighted by Crippen LogP contribution is -2.15. The van der Waals surface area contributed by atoms with Crippen LogP contribution in [0.3, 0.4) is 0 Å². The first-order valence-electron chi connectivity index (χ1n) is 4.07. The minimum Gasteiger partial charge on any atom is -0.461 e. The molecule has 0 fully saturated rings. The lowest BCUT2D eigenvalue weighted by Gasteiger charge is -2.10. The van der Waals surface area contributed by atoms with Gasteiger partial charge >= 0.3 is 6.18 Å². The van der Waals surface area contributed by atoms with Crippen LogP contribution in [0.15, 0.2) is 6.07 Å². The Labute approximate surface area is 94.6 Å². The Kier molecular flexibility index (Phi) is 3.60. The van der Waals surface area contributed by atoms with Crippen LogP contribution in [0.1, 0.15) is 12.7 Å². The zero-order valence-electron chi connectivity index (χ0n) is 8.05. The molecule has 3 nitrogen and oxygen atoms in total. The van der Waals surface area contributed by atoms with Crippen molar-refractivity contribution >= 4 is 11.6 Å². The van der Waals surface area contributed by atoms with Gasteiger partial charge in [0.2, 0.25) is 11.7 Å². The van der Waals surface area contributed by atoms with Gasteiger partial charge in [0, 0.05) is 6.07 Å². The molecule has 1 atom stereocenters. The van der Waals surface area contributed by atoms with Gasteiger partial charge in [-0.25, -0.2) is 4.98 Å². The predicted molar refractivity (Wildman–Crippen MR) is 51.0 cm³/mol. The summed E-state index contributed by atoms with van der Waals surface area (Å²) < 4.78 is 41.8. The van der Waals surface area contributed by atoms with Crippen LogP contribution in [0.25, 0.3) is 0 Å². The molecule has 1 aromatic heterocycles. The van der Waals surface area contributed by atoms with Crippen molar-refractivity contribution in [1.29, 1.82) is 0 Å². The van der Waals surface area contributed by atoms with Crippen LogP contribution in [0, 0.1) is 12.3 Å². The van der Waals surface area contributed by atoms with Crippen molar-refractivity contribution in [3.63, 3.8) is 0 Å². The zero-order valence-corrected chi connectivity index (χ0v) is 8.80. The Morgan fingerprint density at radius 3 is 2.62 bits per heavy atom. The maximum atomic E-state index is 12.3. The van der Waals surface area contributed by atoms with Gasteiger partial charge in [-0.1, -0.05) is 17.5 Å². The molecular formula is C9H6ClF3N2O. The van der Waals surface area contributed by atoms with Crippen LogP contribution >= 0.6 is 11.6 Å². The fourth-order valence-electron chi connectivity index (χ4n) is 0.799. The van der Waals surface area contributed by atoms with Gasteiger partial charge in [-0.05, 0) is 6.92 Å². The lowest BCUT2D eigenvalue weighted by atomic mass is 10.4. The van der Waals surface area contributed by atoms with E-state index in [0.717, 1.165) is 6.07 Å². The van der Waals surface area contributed by atoms with E-state index in [0.29, 0.717) is 0 Å². The Hall–Kier alpha value is -1.48. The highest BCUT2D eigenvalue weighted by Gasteiger charge is 2.35. The van der Waals surface area contributed by atoms with Crippen LogP contribution in [0.2, 0.25) is 5.15 Å². The third kappa shape index (κ3) is 3.28. The van der Waals surface area contributed by atoms with E-state index in [1.807, 2.05) is 0 Å². The Morgan fingerprint density at radius 2 is 2.12 bits per heavy atom. The van der Waals surface area contributed by atoms with Gasteiger partial charge in [-0.3, -0.25) is 0 Å². The molecule has 1 unspecified atom stereocenters. The molecule has 0 amide bonds. The third-order valence-electron chi connectivity index (χ3n) is 1.46. The number of hydrogen-bond acceptors (Lipinski definition) is 3. The van der Waals surface area contributed by atoms with Crippen molar-refractivity contribution in [3.05, 3.63) is 17.0 Å². The fourth-order valence-corrected chi connectivity index (χ4v) is 0.973. The second kappa shape index (κ2) is 4.58. The normalized spacial score (nSPS) is 13.0. The van der Waals surface area contributed by atoms with Gasteiger partial charge in [0.1, 0.15) is 5.15 Å².